The number of carbonyl (C=O) groups excluding carboxylic acids is 1. The van der Waals surface area contributed by atoms with E-state index in [2.05, 4.69) is 0 Å². The number of hydrogen-bond donors (Lipinski definition) is 1. The summed E-state index contributed by atoms with van der Waals surface area (Å²) in [5.74, 6) is -1.33. The first-order chi connectivity index (χ1) is 11.4. The van der Waals surface area contributed by atoms with Crippen molar-refractivity contribution in [2.75, 3.05) is 26.2 Å². The third-order valence-electron chi connectivity index (χ3n) is 4.44. The van der Waals surface area contributed by atoms with Crippen molar-refractivity contribution < 1.29 is 19.1 Å². The molecule has 0 spiro atoms. The maximum absolute atomic E-state index is 13.3. The van der Waals surface area contributed by atoms with E-state index in [1.54, 1.807) is 17.0 Å². The summed E-state index contributed by atoms with van der Waals surface area (Å²) in [4.78, 5) is 27.4. The van der Waals surface area contributed by atoms with Gasteiger partial charge in [0.05, 0.1) is 12.5 Å². The number of rotatable bonds is 6. The maximum atomic E-state index is 13.3. The van der Waals surface area contributed by atoms with Gasteiger partial charge in [0.25, 0.3) is 0 Å². The molecule has 1 heterocycles. The number of halogens is 1. The minimum absolute atomic E-state index is 0.0556. The topological polar surface area (TPSA) is 60.9 Å². The number of hydrogen-bond acceptors (Lipinski definition) is 3. The third-order valence-corrected chi connectivity index (χ3v) is 4.44. The summed E-state index contributed by atoms with van der Waals surface area (Å²) in [5, 5.41) is 9.23. The van der Waals surface area contributed by atoms with Crippen molar-refractivity contribution in [1.82, 2.24) is 9.80 Å². The van der Waals surface area contributed by atoms with Gasteiger partial charge in [-0.15, -0.1) is 0 Å². The molecule has 1 fully saturated rings. The monoisotopic (exact) mass is 336 g/mol. The molecular formula is C18H25FN2O3. The molecule has 0 aliphatic carbocycles. The Morgan fingerprint density at radius 1 is 1.38 bits per heavy atom. The zero-order chi connectivity index (χ0) is 17.7. The normalized spacial score (nSPS) is 21.5. The number of aliphatic carboxylic acids is 1. The standard InChI is InChI=1S/C18H25FN2O3/c1-3-21(10-14-5-4-6-16(19)8-14)17(22)12-20-9-13(2)7-15(11-20)18(23)24/h4-6,8,13,15H,3,7,9-12H2,1-2H3,(H,23,24). The Labute approximate surface area is 142 Å². The number of piperidine rings is 1. The van der Waals surface area contributed by atoms with Gasteiger partial charge in [-0.25, -0.2) is 4.39 Å². The van der Waals surface area contributed by atoms with Crippen LogP contribution in [0.4, 0.5) is 4.39 Å². The van der Waals surface area contributed by atoms with Crippen molar-refractivity contribution in [1.29, 1.82) is 0 Å². The van der Waals surface area contributed by atoms with Crippen molar-refractivity contribution in [3.8, 4) is 0 Å². The molecule has 1 aromatic rings. The Morgan fingerprint density at radius 3 is 2.75 bits per heavy atom. The van der Waals surface area contributed by atoms with Gasteiger partial charge in [-0.1, -0.05) is 19.1 Å². The summed E-state index contributed by atoms with van der Waals surface area (Å²) in [5.41, 5.74) is 0.751. The highest BCUT2D eigenvalue weighted by molar-refractivity contribution is 5.78. The molecule has 2 rings (SSSR count). The summed E-state index contributed by atoms with van der Waals surface area (Å²) in [7, 11) is 0. The Kier molecular flexibility index (Phi) is 6.31. The highest BCUT2D eigenvalue weighted by Crippen LogP contribution is 2.21. The number of benzene rings is 1. The van der Waals surface area contributed by atoms with Gasteiger partial charge in [-0.2, -0.15) is 0 Å². The fourth-order valence-corrected chi connectivity index (χ4v) is 3.29. The van der Waals surface area contributed by atoms with Crippen LogP contribution in [0.25, 0.3) is 0 Å². The van der Waals surface area contributed by atoms with Crippen LogP contribution in [-0.4, -0.2) is 53.0 Å². The second kappa shape index (κ2) is 8.24. The second-order valence-corrected chi connectivity index (χ2v) is 6.61. The summed E-state index contributed by atoms with van der Waals surface area (Å²) < 4.78 is 13.3. The number of amides is 1. The summed E-state index contributed by atoms with van der Waals surface area (Å²) >= 11 is 0. The summed E-state index contributed by atoms with van der Waals surface area (Å²) in [6.07, 6.45) is 0.654. The predicted octanol–water partition coefficient (Wildman–Crippen LogP) is 2.22. The van der Waals surface area contributed by atoms with E-state index in [0.29, 0.717) is 26.1 Å². The highest BCUT2D eigenvalue weighted by Gasteiger charge is 2.30. The van der Waals surface area contributed by atoms with Crippen molar-refractivity contribution in [3.63, 3.8) is 0 Å². The largest absolute Gasteiger partial charge is 0.481 e. The molecule has 1 saturated heterocycles. The molecule has 1 aliphatic rings. The van der Waals surface area contributed by atoms with E-state index in [1.165, 1.54) is 12.1 Å². The molecule has 0 aromatic heterocycles. The van der Waals surface area contributed by atoms with Gasteiger partial charge in [-0.05, 0) is 37.0 Å². The number of likely N-dealkylation sites (N-methyl/N-ethyl adjacent to an activating group) is 1. The Bertz CT molecular complexity index is 593. The quantitative estimate of drug-likeness (QED) is 0.865. The maximum Gasteiger partial charge on any atom is 0.307 e. The Morgan fingerprint density at radius 2 is 2.12 bits per heavy atom. The van der Waals surface area contributed by atoms with Crippen LogP contribution in [0.3, 0.4) is 0 Å². The molecule has 2 unspecified atom stereocenters. The fourth-order valence-electron chi connectivity index (χ4n) is 3.29. The van der Waals surface area contributed by atoms with Crippen molar-refractivity contribution in [2.45, 2.75) is 26.8 Å². The van der Waals surface area contributed by atoms with Gasteiger partial charge in [0.15, 0.2) is 0 Å². The van der Waals surface area contributed by atoms with E-state index in [-0.39, 0.29) is 24.2 Å². The molecule has 2 atom stereocenters. The first kappa shape index (κ1) is 18.4. The van der Waals surface area contributed by atoms with E-state index in [9.17, 15) is 19.1 Å². The zero-order valence-corrected chi connectivity index (χ0v) is 14.2. The van der Waals surface area contributed by atoms with Crippen molar-refractivity contribution in [2.24, 2.45) is 11.8 Å². The molecule has 1 aliphatic heterocycles. The lowest BCUT2D eigenvalue weighted by molar-refractivity contribution is -0.145. The summed E-state index contributed by atoms with van der Waals surface area (Å²) in [6.45, 7) is 6.13. The molecule has 5 nitrogen and oxygen atoms in total. The number of nitrogens with zero attached hydrogens (tertiary/aromatic N) is 2. The Balaban J connectivity index is 1.97. The van der Waals surface area contributed by atoms with Gasteiger partial charge in [0.2, 0.25) is 5.91 Å². The van der Waals surface area contributed by atoms with Gasteiger partial charge in [0, 0.05) is 26.2 Å². The van der Waals surface area contributed by atoms with Crippen LogP contribution in [-0.2, 0) is 16.1 Å². The lowest BCUT2D eigenvalue weighted by Gasteiger charge is -2.35. The van der Waals surface area contributed by atoms with E-state index in [4.69, 9.17) is 0 Å². The molecule has 0 saturated carbocycles. The van der Waals surface area contributed by atoms with Gasteiger partial charge in [-0.3, -0.25) is 14.5 Å². The minimum atomic E-state index is -0.800. The van der Waals surface area contributed by atoms with Gasteiger partial charge in [0.1, 0.15) is 5.82 Å². The van der Waals surface area contributed by atoms with Crippen LogP contribution in [0.1, 0.15) is 25.8 Å². The molecule has 0 bridgehead atoms. The minimum Gasteiger partial charge on any atom is -0.481 e. The lowest BCUT2D eigenvalue weighted by atomic mass is 9.90. The van der Waals surface area contributed by atoms with Crippen molar-refractivity contribution >= 4 is 11.9 Å². The summed E-state index contributed by atoms with van der Waals surface area (Å²) in [6, 6.07) is 6.23. The molecule has 1 N–H and O–H groups in total. The third kappa shape index (κ3) is 5.03. The van der Waals surface area contributed by atoms with Crippen molar-refractivity contribution in [3.05, 3.63) is 35.6 Å². The Hall–Kier alpha value is -1.95. The number of carbonyl (C=O) groups is 2. The second-order valence-electron chi connectivity index (χ2n) is 6.61. The average Bonchev–Trinajstić information content (AvgIpc) is 2.51. The average molecular weight is 336 g/mol. The van der Waals surface area contributed by atoms with Gasteiger partial charge < -0.3 is 10.0 Å². The number of carboxylic acid groups (broad SMARTS) is 1. The molecular weight excluding hydrogens is 311 g/mol. The van der Waals surface area contributed by atoms with Crippen LogP contribution in [0.15, 0.2) is 24.3 Å². The van der Waals surface area contributed by atoms with Crippen LogP contribution in [0, 0.1) is 17.7 Å². The lowest BCUT2D eigenvalue weighted by Crippen LogP contribution is -2.47. The highest BCUT2D eigenvalue weighted by atomic mass is 19.1. The zero-order valence-electron chi connectivity index (χ0n) is 14.2. The molecule has 1 aromatic carbocycles. The van der Waals surface area contributed by atoms with E-state index >= 15 is 0 Å². The van der Waals surface area contributed by atoms with E-state index in [0.717, 1.165) is 12.1 Å². The number of likely N-dealkylation sites (tertiary alicyclic amines) is 1. The fraction of sp³-hybridized carbons (Fsp3) is 0.556. The van der Waals surface area contributed by atoms with Crippen LogP contribution >= 0.6 is 0 Å². The van der Waals surface area contributed by atoms with E-state index in [1.807, 2.05) is 18.7 Å². The van der Waals surface area contributed by atoms with Crippen LogP contribution < -0.4 is 0 Å². The molecule has 6 heteroatoms. The first-order valence-corrected chi connectivity index (χ1v) is 8.36. The van der Waals surface area contributed by atoms with Crippen LogP contribution in [0.2, 0.25) is 0 Å². The van der Waals surface area contributed by atoms with E-state index < -0.39 is 11.9 Å². The molecule has 1 amide bonds. The molecule has 132 valence electrons. The predicted molar refractivity (Wildman–Crippen MR) is 88.8 cm³/mol. The van der Waals surface area contributed by atoms with Gasteiger partial charge >= 0.3 is 5.97 Å². The molecule has 24 heavy (non-hydrogen) atoms. The molecule has 0 radical (unpaired) electrons. The van der Waals surface area contributed by atoms with Crippen LogP contribution in [0.5, 0.6) is 0 Å². The first-order valence-electron chi connectivity index (χ1n) is 8.36. The smallest absolute Gasteiger partial charge is 0.307 e. The SMILES string of the molecule is CCN(Cc1cccc(F)c1)C(=O)CN1CC(C)CC(C(=O)O)C1. The number of carboxylic acids is 1.